The highest BCUT2D eigenvalue weighted by Crippen LogP contribution is 2.21. The molecule has 2 atom stereocenters. The summed E-state index contributed by atoms with van der Waals surface area (Å²) in [5, 5.41) is 9.93. The third-order valence-electron chi connectivity index (χ3n) is 4.13. The Hall–Kier alpha value is -2.41. The molecule has 0 spiro atoms. The minimum atomic E-state index is -0.201. The quantitative estimate of drug-likeness (QED) is 0.907. The molecule has 0 unspecified atom stereocenters. The van der Waals surface area contributed by atoms with E-state index in [0.717, 1.165) is 37.1 Å². The number of amides is 2. The van der Waals surface area contributed by atoms with Crippen LogP contribution < -0.4 is 10.6 Å². The predicted octanol–water partition coefficient (Wildman–Crippen LogP) is 2.35. The number of aromatic nitrogens is 3. The zero-order chi connectivity index (χ0) is 16.1. The first kappa shape index (κ1) is 15.5. The number of benzene rings is 1. The lowest BCUT2D eigenvalue weighted by molar-refractivity contribution is 0.0459. The van der Waals surface area contributed by atoms with E-state index < -0.39 is 0 Å². The summed E-state index contributed by atoms with van der Waals surface area (Å²) in [5.74, 6) is 0. The second-order valence-corrected chi connectivity index (χ2v) is 5.65. The summed E-state index contributed by atoms with van der Waals surface area (Å²) in [6.07, 6.45) is 7.44. The van der Waals surface area contributed by atoms with Crippen molar-refractivity contribution >= 4 is 11.7 Å². The smallest absolute Gasteiger partial charge is 0.319 e. The standard InChI is InChI=1S/C16H21N5O2/c1-23-15-5-3-2-4-14(15)20-16(22)19-12-6-8-13(9-7-12)21-11-17-10-18-21/h6-11,14-15H,2-5H2,1H3,(H2,19,20,22)/t14-,15-/m0/s1. The van der Waals surface area contributed by atoms with Gasteiger partial charge < -0.3 is 15.4 Å². The van der Waals surface area contributed by atoms with Gasteiger partial charge in [0, 0.05) is 12.8 Å². The van der Waals surface area contributed by atoms with Gasteiger partial charge in [0.2, 0.25) is 0 Å². The molecule has 7 nitrogen and oxygen atoms in total. The van der Waals surface area contributed by atoms with Crippen LogP contribution >= 0.6 is 0 Å². The third-order valence-corrected chi connectivity index (χ3v) is 4.13. The van der Waals surface area contributed by atoms with Gasteiger partial charge >= 0.3 is 6.03 Å². The highest BCUT2D eigenvalue weighted by molar-refractivity contribution is 5.89. The zero-order valence-electron chi connectivity index (χ0n) is 13.1. The van der Waals surface area contributed by atoms with Crippen LogP contribution in [0.15, 0.2) is 36.9 Å². The van der Waals surface area contributed by atoms with E-state index in [9.17, 15) is 4.79 Å². The highest BCUT2D eigenvalue weighted by atomic mass is 16.5. The number of rotatable bonds is 4. The number of urea groups is 1. The molecule has 1 aliphatic rings. The number of anilines is 1. The summed E-state index contributed by atoms with van der Waals surface area (Å²) in [6, 6.07) is 7.30. The second-order valence-electron chi connectivity index (χ2n) is 5.65. The maximum Gasteiger partial charge on any atom is 0.319 e. The summed E-state index contributed by atoms with van der Waals surface area (Å²) >= 11 is 0. The molecule has 2 amide bonds. The molecule has 1 fully saturated rings. The first-order valence-corrected chi connectivity index (χ1v) is 7.81. The van der Waals surface area contributed by atoms with E-state index in [1.807, 2.05) is 24.3 Å². The molecule has 1 saturated carbocycles. The number of hydrogen-bond donors (Lipinski definition) is 2. The van der Waals surface area contributed by atoms with Gasteiger partial charge in [0.1, 0.15) is 12.7 Å². The van der Waals surface area contributed by atoms with Crippen LogP contribution in [-0.2, 0) is 4.74 Å². The van der Waals surface area contributed by atoms with E-state index in [2.05, 4.69) is 20.7 Å². The Labute approximate surface area is 135 Å². The van der Waals surface area contributed by atoms with Crippen LogP contribution in [0.2, 0.25) is 0 Å². The van der Waals surface area contributed by atoms with E-state index in [4.69, 9.17) is 4.74 Å². The second kappa shape index (κ2) is 7.23. The summed E-state index contributed by atoms with van der Waals surface area (Å²) < 4.78 is 7.12. The maximum atomic E-state index is 12.2. The SMILES string of the molecule is CO[C@H]1CCCC[C@@H]1NC(=O)Nc1ccc(-n2cncn2)cc1. The molecular formula is C16H21N5O2. The number of carbonyl (C=O) groups excluding carboxylic acids is 1. The van der Waals surface area contributed by atoms with Crippen molar-refractivity contribution in [1.29, 1.82) is 0 Å². The molecule has 0 radical (unpaired) electrons. The van der Waals surface area contributed by atoms with Crippen molar-refractivity contribution in [3.8, 4) is 5.69 Å². The van der Waals surface area contributed by atoms with E-state index in [1.165, 1.54) is 6.33 Å². The molecule has 0 bridgehead atoms. The van der Waals surface area contributed by atoms with Crippen molar-refractivity contribution in [2.45, 2.75) is 37.8 Å². The molecule has 7 heteroatoms. The molecule has 1 aliphatic carbocycles. The molecule has 0 saturated heterocycles. The molecule has 1 aromatic carbocycles. The van der Waals surface area contributed by atoms with E-state index >= 15 is 0 Å². The highest BCUT2D eigenvalue weighted by Gasteiger charge is 2.26. The number of carbonyl (C=O) groups is 1. The van der Waals surface area contributed by atoms with E-state index in [-0.39, 0.29) is 18.2 Å². The fraction of sp³-hybridized carbons (Fsp3) is 0.438. The molecule has 0 aliphatic heterocycles. The van der Waals surface area contributed by atoms with Crippen molar-refractivity contribution in [2.24, 2.45) is 0 Å². The van der Waals surface area contributed by atoms with Gasteiger partial charge in [-0.1, -0.05) is 12.8 Å². The molecule has 1 aromatic heterocycles. The average molecular weight is 315 g/mol. The minimum Gasteiger partial charge on any atom is -0.379 e. The normalized spacial score (nSPS) is 20.9. The van der Waals surface area contributed by atoms with Crippen molar-refractivity contribution in [3.05, 3.63) is 36.9 Å². The molecule has 2 N–H and O–H groups in total. The van der Waals surface area contributed by atoms with Crippen molar-refractivity contribution in [3.63, 3.8) is 0 Å². The number of hydrogen-bond acceptors (Lipinski definition) is 4. The molecule has 1 heterocycles. The molecule has 122 valence electrons. The van der Waals surface area contributed by atoms with E-state index in [0.29, 0.717) is 0 Å². The number of ether oxygens (including phenoxy) is 1. The lowest BCUT2D eigenvalue weighted by Gasteiger charge is -2.31. The Morgan fingerprint density at radius 3 is 2.74 bits per heavy atom. The third kappa shape index (κ3) is 3.87. The van der Waals surface area contributed by atoms with Gasteiger partial charge in [-0.25, -0.2) is 14.5 Å². The van der Waals surface area contributed by atoms with Gasteiger partial charge in [-0.05, 0) is 37.1 Å². The van der Waals surface area contributed by atoms with Gasteiger partial charge in [0.25, 0.3) is 0 Å². The summed E-state index contributed by atoms with van der Waals surface area (Å²) in [5.41, 5.74) is 1.62. The first-order chi connectivity index (χ1) is 11.3. The molecular weight excluding hydrogens is 294 g/mol. The predicted molar refractivity (Wildman–Crippen MR) is 86.6 cm³/mol. The van der Waals surface area contributed by atoms with Gasteiger partial charge in [0.15, 0.2) is 0 Å². The van der Waals surface area contributed by atoms with Crippen molar-refractivity contribution in [1.82, 2.24) is 20.1 Å². The summed E-state index contributed by atoms with van der Waals surface area (Å²) in [6.45, 7) is 0. The fourth-order valence-corrected chi connectivity index (χ4v) is 2.92. The largest absolute Gasteiger partial charge is 0.379 e. The lowest BCUT2D eigenvalue weighted by atomic mass is 9.92. The average Bonchev–Trinajstić information content (AvgIpc) is 3.10. The van der Waals surface area contributed by atoms with Crippen molar-refractivity contribution in [2.75, 3.05) is 12.4 Å². The number of nitrogens with one attached hydrogen (secondary N) is 2. The van der Waals surface area contributed by atoms with Gasteiger partial charge in [-0.3, -0.25) is 0 Å². The summed E-state index contributed by atoms with van der Waals surface area (Å²) in [7, 11) is 1.70. The van der Waals surface area contributed by atoms with Crippen LogP contribution in [0, 0.1) is 0 Å². The van der Waals surface area contributed by atoms with E-state index in [1.54, 1.807) is 18.1 Å². The zero-order valence-corrected chi connectivity index (χ0v) is 13.1. The lowest BCUT2D eigenvalue weighted by Crippen LogP contribution is -2.47. The van der Waals surface area contributed by atoms with Gasteiger partial charge in [0.05, 0.1) is 17.8 Å². The number of nitrogens with zero attached hydrogens (tertiary/aromatic N) is 3. The van der Waals surface area contributed by atoms with Gasteiger partial charge in [-0.15, -0.1) is 0 Å². The Bertz CT molecular complexity index is 626. The van der Waals surface area contributed by atoms with Crippen LogP contribution in [0.5, 0.6) is 0 Å². The van der Waals surface area contributed by atoms with Crippen molar-refractivity contribution < 1.29 is 9.53 Å². The Morgan fingerprint density at radius 1 is 1.26 bits per heavy atom. The monoisotopic (exact) mass is 315 g/mol. The Balaban J connectivity index is 1.57. The summed E-state index contributed by atoms with van der Waals surface area (Å²) in [4.78, 5) is 16.1. The molecule has 2 aromatic rings. The van der Waals surface area contributed by atoms with Gasteiger partial charge in [-0.2, -0.15) is 5.10 Å². The minimum absolute atomic E-state index is 0.0724. The Kier molecular flexibility index (Phi) is 4.87. The van der Waals surface area contributed by atoms with Crippen LogP contribution in [0.4, 0.5) is 10.5 Å². The van der Waals surface area contributed by atoms with Crippen LogP contribution in [0.3, 0.4) is 0 Å². The maximum absolute atomic E-state index is 12.2. The van der Waals surface area contributed by atoms with Crippen LogP contribution in [-0.4, -0.2) is 40.1 Å². The number of methoxy groups -OCH3 is 1. The first-order valence-electron chi connectivity index (χ1n) is 7.81. The Morgan fingerprint density at radius 2 is 2.04 bits per heavy atom. The molecule has 23 heavy (non-hydrogen) atoms. The topological polar surface area (TPSA) is 81.1 Å². The molecule has 3 rings (SSSR count). The van der Waals surface area contributed by atoms with Crippen LogP contribution in [0.25, 0.3) is 5.69 Å². The fourth-order valence-electron chi connectivity index (χ4n) is 2.92. The van der Waals surface area contributed by atoms with Crippen LogP contribution in [0.1, 0.15) is 25.7 Å².